The average Bonchev–Trinajstić information content (AvgIpc) is 3.45. The Bertz CT molecular complexity index is 1280. The molecule has 0 spiro atoms. The van der Waals surface area contributed by atoms with Crippen molar-refractivity contribution < 1.29 is 14.3 Å². The zero-order valence-corrected chi connectivity index (χ0v) is 18.3. The zero-order chi connectivity index (χ0) is 22.8. The molecule has 5 rings (SSSR count). The lowest BCUT2D eigenvalue weighted by Crippen LogP contribution is -2.29. The van der Waals surface area contributed by atoms with Gasteiger partial charge >= 0.3 is 5.97 Å². The Morgan fingerprint density at radius 3 is 2.52 bits per heavy atom. The molecule has 7 nitrogen and oxygen atoms in total. The van der Waals surface area contributed by atoms with Gasteiger partial charge in [-0.15, -0.1) is 0 Å². The van der Waals surface area contributed by atoms with Crippen LogP contribution in [0.1, 0.15) is 39.5 Å². The fourth-order valence-electron chi connectivity index (χ4n) is 4.01. The molecule has 1 fully saturated rings. The summed E-state index contributed by atoms with van der Waals surface area (Å²) in [6, 6.07) is 19.8. The maximum Gasteiger partial charge on any atom is 0.335 e. The van der Waals surface area contributed by atoms with Gasteiger partial charge in [0.25, 0.3) is 0 Å². The van der Waals surface area contributed by atoms with Crippen molar-refractivity contribution in [3.63, 3.8) is 0 Å². The second-order valence-corrected chi connectivity index (χ2v) is 8.08. The van der Waals surface area contributed by atoms with Crippen LogP contribution in [-0.2, 0) is 6.54 Å². The van der Waals surface area contributed by atoms with Gasteiger partial charge in [-0.05, 0) is 66.3 Å². The van der Waals surface area contributed by atoms with Gasteiger partial charge in [-0.25, -0.2) is 4.79 Å². The first-order valence-electron chi connectivity index (χ1n) is 10.4. The van der Waals surface area contributed by atoms with Crippen LogP contribution in [0.4, 0.5) is 0 Å². The van der Waals surface area contributed by atoms with Crippen LogP contribution in [0.25, 0.3) is 11.3 Å². The maximum atomic E-state index is 11.2. The molecule has 164 valence electrons. The third-order valence-corrected chi connectivity index (χ3v) is 5.99. The molecule has 1 aromatic carbocycles. The number of nitrogens with zero attached hydrogens (tertiary/aromatic N) is 3. The molecule has 1 aliphatic heterocycles. The lowest BCUT2D eigenvalue weighted by atomic mass is 10.0. The number of thiocarbonyl (C=S) groups is 1. The van der Waals surface area contributed by atoms with Crippen LogP contribution in [0.15, 0.2) is 89.7 Å². The SMILES string of the molecule is O=C(O)c1ccc(-c2ccc([C@@H]3[C@@H](c4ccccn4)NC(=S)N3Cc3ccncc3)o2)cc1. The van der Waals surface area contributed by atoms with Gasteiger partial charge in [0, 0.05) is 30.7 Å². The number of carbonyl (C=O) groups is 1. The van der Waals surface area contributed by atoms with E-state index in [9.17, 15) is 4.79 Å². The summed E-state index contributed by atoms with van der Waals surface area (Å²) in [7, 11) is 0. The largest absolute Gasteiger partial charge is 0.478 e. The van der Waals surface area contributed by atoms with Crippen LogP contribution in [-0.4, -0.2) is 31.1 Å². The molecule has 2 atom stereocenters. The normalized spacial score (nSPS) is 17.7. The van der Waals surface area contributed by atoms with Crippen molar-refractivity contribution in [1.29, 1.82) is 0 Å². The molecule has 4 aromatic rings. The number of benzene rings is 1. The summed E-state index contributed by atoms with van der Waals surface area (Å²) in [4.78, 5) is 21.9. The minimum atomic E-state index is -0.961. The summed E-state index contributed by atoms with van der Waals surface area (Å²) in [5.74, 6) is 0.435. The Morgan fingerprint density at radius 2 is 1.82 bits per heavy atom. The van der Waals surface area contributed by atoms with E-state index >= 15 is 0 Å². The minimum Gasteiger partial charge on any atom is -0.478 e. The van der Waals surface area contributed by atoms with Crippen LogP contribution in [0.2, 0.25) is 0 Å². The van der Waals surface area contributed by atoms with Crippen molar-refractivity contribution in [2.45, 2.75) is 18.6 Å². The molecule has 4 heterocycles. The quantitative estimate of drug-likeness (QED) is 0.407. The third-order valence-electron chi connectivity index (χ3n) is 5.63. The number of rotatable bonds is 6. The van der Waals surface area contributed by atoms with Gasteiger partial charge in [0.1, 0.15) is 17.6 Å². The standard InChI is InChI=1S/C25H20N4O3S/c30-24(31)18-6-4-17(5-7-18)20-8-9-21(32-20)23-22(19-3-1-2-12-27-19)28-25(33)29(23)15-16-10-13-26-14-11-16/h1-14,22-23H,15H2,(H,28,33)(H,30,31)/t22-,23-/m1/s1. The van der Waals surface area contributed by atoms with Crippen LogP contribution in [0.3, 0.4) is 0 Å². The molecule has 0 unspecified atom stereocenters. The van der Waals surface area contributed by atoms with Gasteiger partial charge in [0.2, 0.25) is 0 Å². The van der Waals surface area contributed by atoms with E-state index in [-0.39, 0.29) is 17.6 Å². The van der Waals surface area contributed by atoms with Crippen LogP contribution < -0.4 is 5.32 Å². The highest BCUT2D eigenvalue weighted by atomic mass is 32.1. The van der Waals surface area contributed by atoms with Crippen molar-refractivity contribution in [1.82, 2.24) is 20.2 Å². The van der Waals surface area contributed by atoms with Gasteiger partial charge in [-0.2, -0.15) is 0 Å². The Morgan fingerprint density at radius 1 is 1.03 bits per heavy atom. The van der Waals surface area contributed by atoms with E-state index in [4.69, 9.17) is 21.7 Å². The fraction of sp³-hybridized carbons (Fsp3) is 0.120. The number of hydrogen-bond acceptors (Lipinski definition) is 5. The molecule has 3 aromatic heterocycles. The molecule has 0 radical (unpaired) electrons. The van der Waals surface area contributed by atoms with Crippen molar-refractivity contribution in [3.8, 4) is 11.3 Å². The van der Waals surface area contributed by atoms with Crippen LogP contribution in [0, 0.1) is 0 Å². The molecular formula is C25H20N4O3S. The number of nitrogens with one attached hydrogen (secondary N) is 1. The van der Waals surface area contributed by atoms with E-state index in [1.807, 2.05) is 42.5 Å². The van der Waals surface area contributed by atoms with Gasteiger partial charge < -0.3 is 19.7 Å². The second kappa shape index (κ2) is 8.84. The Labute approximate surface area is 195 Å². The van der Waals surface area contributed by atoms with E-state index < -0.39 is 5.97 Å². The number of hydrogen-bond donors (Lipinski definition) is 2. The number of pyridine rings is 2. The molecular weight excluding hydrogens is 436 g/mol. The van der Waals surface area contributed by atoms with Gasteiger partial charge in [-0.1, -0.05) is 18.2 Å². The van der Waals surface area contributed by atoms with Crippen molar-refractivity contribution in [2.75, 3.05) is 0 Å². The van der Waals surface area contributed by atoms with Crippen molar-refractivity contribution >= 4 is 23.3 Å². The van der Waals surface area contributed by atoms with Crippen molar-refractivity contribution in [2.24, 2.45) is 0 Å². The zero-order valence-electron chi connectivity index (χ0n) is 17.5. The summed E-state index contributed by atoms with van der Waals surface area (Å²) in [6.45, 7) is 0.589. The molecule has 0 bridgehead atoms. The highest BCUT2D eigenvalue weighted by molar-refractivity contribution is 7.80. The molecule has 2 N–H and O–H groups in total. The molecule has 0 aliphatic carbocycles. The summed E-state index contributed by atoms with van der Waals surface area (Å²) < 4.78 is 6.29. The summed E-state index contributed by atoms with van der Waals surface area (Å²) >= 11 is 5.71. The Kier molecular flexibility index (Phi) is 5.58. The monoisotopic (exact) mass is 456 g/mol. The first kappa shape index (κ1) is 20.8. The van der Waals surface area contributed by atoms with E-state index in [1.165, 1.54) is 0 Å². The third kappa shape index (κ3) is 4.20. The topological polar surface area (TPSA) is 91.5 Å². The second-order valence-electron chi connectivity index (χ2n) is 7.69. The summed E-state index contributed by atoms with van der Waals surface area (Å²) in [6.07, 6.45) is 5.29. The maximum absolute atomic E-state index is 11.2. The lowest BCUT2D eigenvalue weighted by molar-refractivity contribution is 0.0697. The Balaban J connectivity index is 1.51. The highest BCUT2D eigenvalue weighted by Crippen LogP contribution is 2.41. The van der Waals surface area contributed by atoms with Gasteiger partial charge in [-0.3, -0.25) is 9.97 Å². The van der Waals surface area contributed by atoms with Crippen LogP contribution >= 0.6 is 12.2 Å². The molecule has 8 heteroatoms. The first-order chi connectivity index (χ1) is 16.1. The molecule has 0 saturated carbocycles. The average molecular weight is 457 g/mol. The van der Waals surface area contributed by atoms with Gasteiger partial charge in [0.05, 0.1) is 17.3 Å². The number of furan rings is 1. The molecule has 1 aliphatic rings. The smallest absolute Gasteiger partial charge is 0.335 e. The fourth-order valence-corrected chi connectivity index (χ4v) is 4.32. The summed E-state index contributed by atoms with van der Waals surface area (Å²) in [5.41, 5.74) is 2.98. The predicted octanol–water partition coefficient (Wildman–Crippen LogP) is 4.61. The van der Waals surface area contributed by atoms with E-state index in [2.05, 4.69) is 20.2 Å². The summed E-state index contributed by atoms with van der Waals surface area (Å²) in [5, 5.41) is 13.2. The number of carboxylic acid groups (broad SMARTS) is 1. The predicted molar refractivity (Wildman–Crippen MR) is 126 cm³/mol. The molecule has 1 saturated heterocycles. The number of carboxylic acids is 1. The van der Waals surface area contributed by atoms with E-state index in [0.717, 1.165) is 22.6 Å². The molecule has 33 heavy (non-hydrogen) atoms. The molecule has 0 amide bonds. The highest BCUT2D eigenvalue weighted by Gasteiger charge is 2.41. The number of aromatic nitrogens is 2. The number of aromatic carboxylic acids is 1. The van der Waals surface area contributed by atoms with E-state index in [1.54, 1.807) is 42.9 Å². The Hall–Kier alpha value is -4.04. The van der Waals surface area contributed by atoms with Crippen molar-refractivity contribution in [3.05, 3.63) is 108 Å². The van der Waals surface area contributed by atoms with Crippen LogP contribution in [0.5, 0.6) is 0 Å². The van der Waals surface area contributed by atoms with E-state index in [0.29, 0.717) is 17.4 Å². The van der Waals surface area contributed by atoms with Gasteiger partial charge in [0.15, 0.2) is 5.11 Å². The minimum absolute atomic E-state index is 0.186. The first-order valence-corrected chi connectivity index (χ1v) is 10.8. The lowest BCUT2D eigenvalue weighted by Gasteiger charge is -2.26.